The minimum atomic E-state index is 0.573. The van der Waals surface area contributed by atoms with Gasteiger partial charge in [-0.25, -0.2) is 4.98 Å². The number of anilines is 2. The first kappa shape index (κ1) is 11.2. The van der Waals surface area contributed by atoms with Crippen LogP contribution in [0.1, 0.15) is 38.5 Å². The first-order valence-electron chi connectivity index (χ1n) is 6.15. The first-order chi connectivity index (χ1) is 7.88. The lowest BCUT2D eigenvalue weighted by Gasteiger charge is -2.16. The molecule has 0 aliphatic heterocycles. The van der Waals surface area contributed by atoms with Crippen molar-refractivity contribution in [3.8, 4) is 0 Å². The summed E-state index contributed by atoms with van der Waals surface area (Å²) in [6.45, 7) is 0. The molecular formula is C12H20N4. The molecule has 88 valence electrons. The Labute approximate surface area is 96.9 Å². The summed E-state index contributed by atoms with van der Waals surface area (Å²) < 4.78 is 0. The molecule has 1 fully saturated rings. The molecule has 0 radical (unpaired) electrons. The van der Waals surface area contributed by atoms with Crippen molar-refractivity contribution in [2.75, 3.05) is 17.7 Å². The number of nitrogens with one attached hydrogen (secondary N) is 2. The van der Waals surface area contributed by atoms with Gasteiger partial charge in [-0.1, -0.05) is 25.7 Å². The van der Waals surface area contributed by atoms with Crippen molar-refractivity contribution >= 4 is 11.6 Å². The number of hydrogen-bond acceptors (Lipinski definition) is 4. The molecule has 1 aliphatic carbocycles. The second kappa shape index (κ2) is 5.68. The largest absolute Gasteiger partial charge is 0.372 e. The topological polar surface area (TPSA) is 49.8 Å². The van der Waals surface area contributed by atoms with Gasteiger partial charge in [0.25, 0.3) is 0 Å². The third kappa shape index (κ3) is 3.08. The van der Waals surface area contributed by atoms with E-state index in [2.05, 4.69) is 20.6 Å². The van der Waals surface area contributed by atoms with Crippen LogP contribution in [0, 0.1) is 0 Å². The first-order valence-corrected chi connectivity index (χ1v) is 6.15. The number of hydrogen-bond donors (Lipinski definition) is 2. The highest BCUT2D eigenvalue weighted by atomic mass is 15.1. The van der Waals surface area contributed by atoms with Crippen LogP contribution in [0.4, 0.5) is 11.6 Å². The Bertz CT molecular complexity index is 319. The highest BCUT2D eigenvalue weighted by Gasteiger charge is 2.12. The van der Waals surface area contributed by atoms with Crippen molar-refractivity contribution in [3.63, 3.8) is 0 Å². The van der Waals surface area contributed by atoms with Crippen LogP contribution in [0.3, 0.4) is 0 Å². The van der Waals surface area contributed by atoms with Gasteiger partial charge in [-0.2, -0.15) is 0 Å². The van der Waals surface area contributed by atoms with Crippen LogP contribution in [-0.4, -0.2) is 23.1 Å². The molecule has 1 aliphatic rings. The van der Waals surface area contributed by atoms with Gasteiger partial charge in [0.2, 0.25) is 0 Å². The molecule has 0 saturated heterocycles. The van der Waals surface area contributed by atoms with E-state index in [4.69, 9.17) is 0 Å². The van der Waals surface area contributed by atoms with E-state index in [1.165, 1.54) is 38.5 Å². The Kier molecular flexibility index (Phi) is 3.97. The molecule has 1 heterocycles. The molecule has 0 atom stereocenters. The van der Waals surface area contributed by atoms with Crippen molar-refractivity contribution in [2.45, 2.75) is 44.6 Å². The average Bonchev–Trinajstić information content (AvgIpc) is 2.58. The van der Waals surface area contributed by atoms with Gasteiger partial charge in [0, 0.05) is 13.1 Å². The lowest BCUT2D eigenvalue weighted by atomic mass is 10.1. The van der Waals surface area contributed by atoms with Gasteiger partial charge in [-0.05, 0) is 12.8 Å². The fraction of sp³-hybridized carbons (Fsp3) is 0.667. The van der Waals surface area contributed by atoms with E-state index in [-0.39, 0.29) is 0 Å². The zero-order chi connectivity index (χ0) is 11.2. The standard InChI is InChI=1S/C12H20N4/c1-13-11-8-14-9-12(16-11)15-10-6-4-2-3-5-7-10/h8-10H,2-7H2,1H3,(H2,13,15,16). The van der Waals surface area contributed by atoms with Crippen LogP contribution in [0.15, 0.2) is 12.4 Å². The van der Waals surface area contributed by atoms with E-state index in [1.807, 2.05) is 7.05 Å². The fourth-order valence-electron chi connectivity index (χ4n) is 2.19. The molecular weight excluding hydrogens is 200 g/mol. The highest BCUT2D eigenvalue weighted by molar-refractivity contribution is 5.41. The third-order valence-corrected chi connectivity index (χ3v) is 3.10. The Hall–Kier alpha value is -1.32. The van der Waals surface area contributed by atoms with Crippen LogP contribution in [0.5, 0.6) is 0 Å². The summed E-state index contributed by atoms with van der Waals surface area (Å²) in [6, 6.07) is 0.573. The Morgan fingerprint density at radius 3 is 2.44 bits per heavy atom. The summed E-state index contributed by atoms with van der Waals surface area (Å²) >= 11 is 0. The van der Waals surface area contributed by atoms with Crippen LogP contribution < -0.4 is 10.6 Å². The molecule has 0 unspecified atom stereocenters. The molecule has 16 heavy (non-hydrogen) atoms. The summed E-state index contributed by atoms with van der Waals surface area (Å²) in [6.07, 6.45) is 11.5. The summed E-state index contributed by atoms with van der Waals surface area (Å²) in [5.41, 5.74) is 0. The monoisotopic (exact) mass is 220 g/mol. The molecule has 0 amide bonds. The lowest BCUT2D eigenvalue weighted by molar-refractivity contribution is 0.617. The molecule has 4 nitrogen and oxygen atoms in total. The van der Waals surface area contributed by atoms with Gasteiger partial charge in [0.05, 0.1) is 12.4 Å². The van der Waals surface area contributed by atoms with Gasteiger partial charge in [0.15, 0.2) is 0 Å². The molecule has 2 rings (SSSR count). The second-order valence-corrected chi connectivity index (χ2v) is 4.37. The molecule has 4 heteroatoms. The maximum atomic E-state index is 4.43. The Morgan fingerprint density at radius 2 is 1.75 bits per heavy atom. The van der Waals surface area contributed by atoms with Crippen LogP contribution in [-0.2, 0) is 0 Å². The van der Waals surface area contributed by atoms with Crippen molar-refractivity contribution in [3.05, 3.63) is 12.4 Å². The van der Waals surface area contributed by atoms with E-state index < -0.39 is 0 Å². The van der Waals surface area contributed by atoms with Crippen molar-refractivity contribution in [2.24, 2.45) is 0 Å². The SMILES string of the molecule is CNc1cncc(NC2CCCCCC2)n1. The molecule has 0 bridgehead atoms. The predicted molar refractivity (Wildman–Crippen MR) is 66.7 cm³/mol. The molecule has 1 aromatic heterocycles. The lowest BCUT2D eigenvalue weighted by Crippen LogP contribution is -2.19. The van der Waals surface area contributed by atoms with Gasteiger partial charge in [-0.3, -0.25) is 4.98 Å². The Morgan fingerprint density at radius 1 is 1.06 bits per heavy atom. The van der Waals surface area contributed by atoms with Gasteiger partial charge in [0.1, 0.15) is 11.6 Å². The third-order valence-electron chi connectivity index (χ3n) is 3.10. The van der Waals surface area contributed by atoms with Crippen LogP contribution >= 0.6 is 0 Å². The summed E-state index contributed by atoms with van der Waals surface area (Å²) in [7, 11) is 1.86. The van der Waals surface area contributed by atoms with Gasteiger partial charge >= 0.3 is 0 Å². The maximum absolute atomic E-state index is 4.43. The number of rotatable bonds is 3. The molecule has 0 spiro atoms. The zero-order valence-corrected chi connectivity index (χ0v) is 9.87. The summed E-state index contributed by atoms with van der Waals surface area (Å²) in [4.78, 5) is 8.59. The van der Waals surface area contributed by atoms with E-state index in [0.29, 0.717) is 6.04 Å². The van der Waals surface area contributed by atoms with E-state index >= 15 is 0 Å². The van der Waals surface area contributed by atoms with E-state index in [9.17, 15) is 0 Å². The normalized spacial score (nSPS) is 17.8. The number of aromatic nitrogens is 2. The molecule has 1 saturated carbocycles. The average molecular weight is 220 g/mol. The minimum Gasteiger partial charge on any atom is -0.372 e. The predicted octanol–water partition coefficient (Wildman–Crippen LogP) is 2.65. The van der Waals surface area contributed by atoms with E-state index in [0.717, 1.165) is 11.6 Å². The quantitative estimate of drug-likeness (QED) is 0.769. The molecule has 1 aromatic rings. The van der Waals surface area contributed by atoms with Gasteiger partial charge in [-0.15, -0.1) is 0 Å². The number of nitrogens with zero attached hydrogens (tertiary/aromatic N) is 2. The van der Waals surface area contributed by atoms with Crippen molar-refractivity contribution in [1.82, 2.24) is 9.97 Å². The summed E-state index contributed by atoms with van der Waals surface area (Å²) in [5, 5.41) is 6.49. The van der Waals surface area contributed by atoms with Crippen molar-refractivity contribution < 1.29 is 0 Å². The second-order valence-electron chi connectivity index (χ2n) is 4.37. The van der Waals surface area contributed by atoms with E-state index in [1.54, 1.807) is 12.4 Å². The Balaban J connectivity index is 1.96. The highest BCUT2D eigenvalue weighted by Crippen LogP contribution is 2.20. The smallest absolute Gasteiger partial charge is 0.147 e. The van der Waals surface area contributed by atoms with Crippen LogP contribution in [0.2, 0.25) is 0 Å². The molecule has 0 aromatic carbocycles. The fourth-order valence-corrected chi connectivity index (χ4v) is 2.19. The maximum Gasteiger partial charge on any atom is 0.147 e. The summed E-state index contributed by atoms with van der Waals surface area (Å²) in [5.74, 6) is 1.71. The minimum absolute atomic E-state index is 0.573. The van der Waals surface area contributed by atoms with Crippen molar-refractivity contribution in [1.29, 1.82) is 0 Å². The van der Waals surface area contributed by atoms with Crippen LogP contribution in [0.25, 0.3) is 0 Å². The molecule has 2 N–H and O–H groups in total. The van der Waals surface area contributed by atoms with Gasteiger partial charge < -0.3 is 10.6 Å². The zero-order valence-electron chi connectivity index (χ0n) is 9.87.